The topological polar surface area (TPSA) is 114 Å². The van der Waals surface area contributed by atoms with Gasteiger partial charge in [-0.15, -0.1) is 0 Å². The second kappa shape index (κ2) is 8.10. The van der Waals surface area contributed by atoms with Gasteiger partial charge in [-0.1, -0.05) is 22.9 Å². The number of hydrogen-bond donors (Lipinski definition) is 3. The van der Waals surface area contributed by atoms with Crippen LogP contribution in [0.5, 0.6) is 0 Å². The lowest BCUT2D eigenvalue weighted by Gasteiger charge is -2.16. The number of alkyl halides is 3. The molecule has 3 heterocycles. The number of hydrogen-bond acceptors (Lipinski definition) is 7. The van der Waals surface area contributed by atoms with E-state index in [2.05, 4.69) is 25.7 Å². The van der Waals surface area contributed by atoms with E-state index in [4.69, 9.17) is 16.3 Å². The standard InChI is InChI=1S/C15H14ClF3N6O3S/c1-6(28-2)11-7(4-20-10-3-9(16)24-25(10)11)22-13(27)23-14-21-5-8(29-14)12(26)15(17,18)19/h3-6,12,26H,1-2H3,(H2,21,22,23,27)/t6-,12?/m0/s1. The first-order valence-electron chi connectivity index (χ1n) is 7.95. The maximum Gasteiger partial charge on any atom is 0.419 e. The highest BCUT2D eigenvalue weighted by molar-refractivity contribution is 7.15. The number of aliphatic hydroxyl groups excluding tert-OH is 1. The molecule has 0 spiro atoms. The first-order valence-corrected chi connectivity index (χ1v) is 9.15. The van der Waals surface area contributed by atoms with Crippen LogP contribution in [0.15, 0.2) is 18.5 Å². The molecule has 0 aliphatic heterocycles. The Morgan fingerprint density at radius 2 is 2.07 bits per heavy atom. The summed E-state index contributed by atoms with van der Waals surface area (Å²) in [5.74, 6) is 0. The highest BCUT2D eigenvalue weighted by atomic mass is 35.5. The molecule has 3 aromatic rings. The van der Waals surface area contributed by atoms with Gasteiger partial charge in [-0.2, -0.15) is 18.3 Å². The molecule has 0 fully saturated rings. The third kappa shape index (κ3) is 4.58. The van der Waals surface area contributed by atoms with E-state index in [1.54, 1.807) is 6.92 Å². The molecular formula is C15H14ClF3N6O3S. The van der Waals surface area contributed by atoms with Crippen molar-refractivity contribution in [2.75, 3.05) is 17.7 Å². The Balaban J connectivity index is 1.81. The van der Waals surface area contributed by atoms with Crippen LogP contribution in [0.4, 0.5) is 28.8 Å². The Kier molecular flexibility index (Phi) is 5.93. The molecule has 0 aliphatic carbocycles. The van der Waals surface area contributed by atoms with Crippen LogP contribution in [0.2, 0.25) is 5.15 Å². The quantitative estimate of drug-likeness (QED) is 0.545. The molecule has 156 valence electrons. The average Bonchev–Trinajstić information content (AvgIpc) is 3.25. The maximum absolute atomic E-state index is 12.6. The van der Waals surface area contributed by atoms with Crippen LogP contribution in [0.25, 0.3) is 5.65 Å². The van der Waals surface area contributed by atoms with Gasteiger partial charge in [0.25, 0.3) is 0 Å². The molecule has 29 heavy (non-hydrogen) atoms. The molecule has 1 unspecified atom stereocenters. The monoisotopic (exact) mass is 450 g/mol. The Labute approximate surface area is 170 Å². The van der Waals surface area contributed by atoms with Gasteiger partial charge in [0.15, 0.2) is 22.0 Å². The fourth-order valence-corrected chi connectivity index (χ4v) is 3.40. The molecule has 2 amide bonds. The minimum absolute atomic E-state index is 0.127. The van der Waals surface area contributed by atoms with E-state index in [1.165, 1.54) is 23.9 Å². The Hall–Kier alpha value is -2.48. The zero-order chi connectivity index (χ0) is 21.3. The van der Waals surface area contributed by atoms with E-state index in [1.807, 2.05) is 0 Å². The fourth-order valence-electron chi connectivity index (χ4n) is 2.41. The van der Waals surface area contributed by atoms with Gasteiger partial charge in [-0.25, -0.2) is 19.3 Å². The van der Waals surface area contributed by atoms with Crippen molar-refractivity contribution in [2.45, 2.75) is 25.3 Å². The SMILES string of the molecule is CO[C@@H](C)c1c(NC(=O)Nc2ncc(C(O)C(F)(F)F)s2)cnc2cc(Cl)nn12. The van der Waals surface area contributed by atoms with Crippen LogP contribution in [-0.2, 0) is 4.74 Å². The number of halogens is 4. The zero-order valence-corrected chi connectivity index (χ0v) is 16.4. The lowest BCUT2D eigenvalue weighted by molar-refractivity contribution is -0.205. The number of amides is 2. The summed E-state index contributed by atoms with van der Waals surface area (Å²) < 4.78 is 44.4. The number of fused-ring (bicyclic) bond motifs is 1. The molecular weight excluding hydrogens is 437 g/mol. The summed E-state index contributed by atoms with van der Waals surface area (Å²) in [7, 11) is 1.47. The largest absolute Gasteiger partial charge is 0.419 e. The van der Waals surface area contributed by atoms with Crippen molar-refractivity contribution in [3.63, 3.8) is 0 Å². The van der Waals surface area contributed by atoms with Gasteiger partial charge in [-0.05, 0) is 6.92 Å². The maximum atomic E-state index is 12.6. The number of carbonyl (C=O) groups is 1. The zero-order valence-electron chi connectivity index (χ0n) is 14.9. The predicted molar refractivity (Wildman–Crippen MR) is 99.2 cm³/mol. The van der Waals surface area contributed by atoms with Crippen LogP contribution in [-0.4, -0.2) is 44.0 Å². The third-order valence-electron chi connectivity index (χ3n) is 3.80. The number of aliphatic hydroxyl groups is 1. The minimum atomic E-state index is -4.83. The molecule has 0 aromatic carbocycles. The van der Waals surface area contributed by atoms with Crippen molar-refractivity contribution in [2.24, 2.45) is 0 Å². The fraction of sp³-hybridized carbons (Fsp3) is 0.333. The summed E-state index contributed by atoms with van der Waals surface area (Å²) in [5.41, 5.74) is 1.13. The van der Waals surface area contributed by atoms with Gasteiger partial charge in [0.1, 0.15) is 0 Å². The number of nitrogens with one attached hydrogen (secondary N) is 2. The van der Waals surface area contributed by atoms with Crippen LogP contribution in [0.1, 0.15) is 29.7 Å². The van der Waals surface area contributed by atoms with Gasteiger partial charge < -0.3 is 15.2 Å². The summed E-state index contributed by atoms with van der Waals surface area (Å²) in [6.07, 6.45) is -5.79. The van der Waals surface area contributed by atoms with Gasteiger partial charge in [0.05, 0.1) is 28.6 Å². The molecule has 3 N–H and O–H groups in total. The predicted octanol–water partition coefficient (Wildman–Crippen LogP) is 3.79. The number of aromatic nitrogens is 4. The normalized spacial score (nSPS) is 14.0. The highest BCUT2D eigenvalue weighted by Crippen LogP contribution is 2.36. The molecule has 0 saturated heterocycles. The number of anilines is 2. The lowest BCUT2D eigenvalue weighted by Crippen LogP contribution is -2.22. The second-order valence-corrected chi connectivity index (χ2v) is 7.21. The molecule has 9 nitrogen and oxygen atoms in total. The van der Waals surface area contributed by atoms with E-state index in [0.717, 1.165) is 6.20 Å². The van der Waals surface area contributed by atoms with Crippen molar-refractivity contribution in [1.82, 2.24) is 19.6 Å². The molecule has 3 aromatic heterocycles. The van der Waals surface area contributed by atoms with Crippen molar-refractivity contribution < 1.29 is 27.8 Å². The summed E-state index contributed by atoms with van der Waals surface area (Å²) >= 11 is 6.41. The van der Waals surface area contributed by atoms with Gasteiger partial charge >= 0.3 is 12.2 Å². The van der Waals surface area contributed by atoms with Gasteiger partial charge in [0, 0.05) is 19.4 Å². The Morgan fingerprint density at radius 1 is 1.34 bits per heavy atom. The molecule has 3 rings (SSSR count). The summed E-state index contributed by atoms with van der Waals surface area (Å²) in [6, 6.07) is 0.747. The number of ether oxygens (including phenoxy) is 1. The number of thiazole rings is 1. The number of carbonyl (C=O) groups excluding carboxylic acids is 1. The van der Waals surface area contributed by atoms with E-state index in [0.29, 0.717) is 22.7 Å². The van der Waals surface area contributed by atoms with Crippen molar-refractivity contribution in [3.8, 4) is 0 Å². The van der Waals surface area contributed by atoms with Crippen LogP contribution in [0.3, 0.4) is 0 Å². The van der Waals surface area contributed by atoms with E-state index < -0.39 is 29.3 Å². The number of nitrogens with zero attached hydrogens (tertiary/aromatic N) is 4. The van der Waals surface area contributed by atoms with E-state index in [-0.39, 0.29) is 16.0 Å². The first kappa shape index (κ1) is 21.2. The lowest BCUT2D eigenvalue weighted by atomic mass is 10.2. The average molecular weight is 451 g/mol. The minimum Gasteiger partial charge on any atom is -0.379 e. The Bertz CT molecular complexity index is 1040. The molecule has 0 radical (unpaired) electrons. The van der Waals surface area contributed by atoms with E-state index in [9.17, 15) is 23.1 Å². The van der Waals surface area contributed by atoms with Gasteiger partial charge in [-0.3, -0.25) is 5.32 Å². The van der Waals surface area contributed by atoms with E-state index >= 15 is 0 Å². The van der Waals surface area contributed by atoms with Crippen molar-refractivity contribution in [3.05, 3.63) is 34.2 Å². The van der Waals surface area contributed by atoms with Crippen LogP contribution in [0, 0.1) is 0 Å². The number of methoxy groups -OCH3 is 1. The van der Waals surface area contributed by atoms with Crippen molar-refractivity contribution >= 4 is 45.4 Å². The number of rotatable bonds is 5. The molecule has 0 saturated carbocycles. The summed E-state index contributed by atoms with van der Waals surface area (Å²) in [6.45, 7) is 1.72. The second-order valence-electron chi connectivity index (χ2n) is 5.76. The van der Waals surface area contributed by atoms with Crippen LogP contribution >= 0.6 is 22.9 Å². The molecule has 0 bridgehead atoms. The third-order valence-corrected chi connectivity index (χ3v) is 4.95. The number of urea groups is 1. The summed E-state index contributed by atoms with van der Waals surface area (Å²) in [5, 5.41) is 18.3. The molecule has 0 aliphatic rings. The summed E-state index contributed by atoms with van der Waals surface area (Å²) in [4.78, 5) is 19.7. The van der Waals surface area contributed by atoms with Gasteiger partial charge in [0.2, 0.25) is 0 Å². The molecule has 14 heteroatoms. The first-order chi connectivity index (χ1) is 13.6. The Morgan fingerprint density at radius 3 is 2.72 bits per heavy atom. The van der Waals surface area contributed by atoms with Crippen molar-refractivity contribution in [1.29, 1.82) is 0 Å². The van der Waals surface area contributed by atoms with Crippen LogP contribution < -0.4 is 10.6 Å². The molecule has 2 atom stereocenters. The smallest absolute Gasteiger partial charge is 0.379 e. The highest BCUT2D eigenvalue weighted by Gasteiger charge is 2.40.